The third-order valence-electron chi connectivity index (χ3n) is 3.31. The predicted octanol–water partition coefficient (Wildman–Crippen LogP) is 3.05. The Morgan fingerprint density at radius 3 is 2.45 bits per heavy atom. The van der Waals surface area contributed by atoms with E-state index >= 15 is 0 Å². The third-order valence-corrected chi connectivity index (χ3v) is 3.31. The fourth-order valence-corrected chi connectivity index (χ4v) is 2.21. The Bertz CT molecular complexity index is 537. The molecule has 0 aromatic heterocycles. The number of ether oxygens (including phenoxy) is 1. The molecule has 0 saturated carbocycles. The molecule has 0 atom stereocenters. The summed E-state index contributed by atoms with van der Waals surface area (Å²) in [4.78, 5) is 2.23. The van der Waals surface area contributed by atoms with Crippen LogP contribution in [0.5, 0.6) is 5.75 Å². The summed E-state index contributed by atoms with van der Waals surface area (Å²) in [6.07, 6.45) is 0. The Kier molecular flexibility index (Phi) is 5.02. The molecule has 0 aliphatic rings. The van der Waals surface area contributed by atoms with Gasteiger partial charge in [-0.1, -0.05) is 24.3 Å². The van der Waals surface area contributed by atoms with E-state index in [1.54, 1.807) is 7.11 Å². The van der Waals surface area contributed by atoms with Gasteiger partial charge in [-0.05, 0) is 42.4 Å². The van der Waals surface area contributed by atoms with Crippen molar-refractivity contribution < 1.29 is 4.74 Å². The second-order valence-corrected chi connectivity index (χ2v) is 4.90. The summed E-state index contributed by atoms with van der Waals surface area (Å²) in [5.41, 5.74) is 3.75. The Morgan fingerprint density at radius 1 is 1.05 bits per heavy atom. The van der Waals surface area contributed by atoms with E-state index in [-0.39, 0.29) is 0 Å². The van der Waals surface area contributed by atoms with E-state index in [2.05, 4.69) is 53.7 Å². The minimum Gasteiger partial charge on any atom is -0.497 e. The minimum atomic E-state index is 0.864. The van der Waals surface area contributed by atoms with Crippen molar-refractivity contribution in [2.75, 3.05) is 26.1 Å². The first-order chi connectivity index (χ1) is 9.72. The molecule has 0 unspecified atom stereocenters. The highest BCUT2D eigenvalue weighted by Gasteiger charge is 2.03. The van der Waals surface area contributed by atoms with Crippen molar-refractivity contribution >= 4 is 5.69 Å². The number of anilines is 1. The van der Waals surface area contributed by atoms with Gasteiger partial charge >= 0.3 is 0 Å². The van der Waals surface area contributed by atoms with Gasteiger partial charge in [0.05, 0.1) is 7.11 Å². The Hall–Kier alpha value is -2.00. The lowest BCUT2D eigenvalue weighted by Gasteiger charge is -2.20. The molecule has 106 valence electrons. The number of methoxy groups -OCH3 is 1. The van der Waals surface area contributed by atoms with Crippen LogP contribution in [0.1, 0.15) is 11.1 Å². The normalized spacial score (nSPS) is 10.3. The summed E-state index contributed by atoms with van der Waals surface area (Å²) < 4.78 is 5.26. The lowest BCUT2D eigenvalue weighted by molar-refractivity contribution is 0.414. The van der Waals surface area contributed by atoms with Crippen LogP contribution in [-0.4, -0.2) is 21.2 Å². The lowest BCUT2D eigenvalue weighted by atomic mass is 10.1. The van der Waals surface area contributed by atoms with Crippen molar-refractivity contribution in [2.45, 2.75) is 13.1 Å². The van der Waals surface area contributed by atoms with E-state index in [4.69, 9.17) is 4.74 Å². The zero-order chi connectivity index (χ0) is 14.4. The summed E-state index contributed by atoms with van der Waals surface area (Å²) in [6.45, 7) is 1.77. The molecular formula is C17H22N2O. The lowest BCUT2D eigenvalue weighted by Crippen LogP contribution is -2.16. The maximum Gasteiger partial charge on any atom is 0.119 e. The van der Waals surface area contributed by atoms with Crippen LogP contribution in [0.4, 0.5) is 5.69 Å². The number of nitrogens with one attached hydrogen (secondary N) is 1. The van der Waals surface area contributed by atoms with Crippen LogP contribution in [0, 0.1) is 0 Å². The van der Waals surface area contributed by atoms with Gasteiger partial charge in [-0.3, -0.25) is 0 Å². The first kappa shape index (κ1) is 14.4. The van der Waals surface area contributed by atoms with E-state index in [9.17, 15) is 0 Å². The zero-order valence-electron chi connectivity index (χ0n) is 12.4. The molecule has 0 heterocycles. The highest BCUT2D eigenvalue weighted by atomic mass is 16.5. The average Bonchev–Trinajstić information content (AvgIpc) is 2.48. The van der Waals surface area contributed by atoms with Crippen LogP contribution in [-0.2, 0) is 13.1 Å². The largest absolute Gasteiger partial charge is 0.497 e. The number of hydrogen-bond acceptors (Lipinski definition) is 3. The fraction of sp³-hybridized carbons (Fsp3) is 0.294. The molecule has 0 amide bonds. The van der Waals surface area contributed by atoms with E-state index in [1.807, 2.05) is 19.2 Å². The van der Waals surface area contributed by atoms with E-state index in [0.717, 1.165) is 18.8 Å². The topological polar surface area (TPSA) is 24.5 Å². The van der Waals surface area contributed by atoms with Crippen LogP contribution >= 0.6 is 0 Å². The molecule has 0 fully saturated rings. The van der Waals surface area contributed by atoms with Crippen molar-refractivity contribution in [3.8, 4) is 5.75 Å². The molecule has 0 aliphatic heterocycles. The molecule has 2 aromatic carbocycles. The van der Waals surface area contributed by atoms with Crippen LogP contribution in [0.15, 0.2) is 48.5 Å². The van der Waals surface area contributed by atoms with Gasteiger partial charge < -0.3 is 15.0 Å². The molecular weight excluding hydrogens is 248 g/mol. The molecule has 0 aliphatic carbocycles. The maximum absolute atomic E-state index is 5.26. The molecule has 0 bridgehead atoms. The average molecular weight is 270 g/mol. The summed E-state index contributed by atoms with van der Waals surface area (Å²) in [5.74, 6) is 0.903. The van der Waals surface area contributed by atoms with Crippen LogP contribution in [0.3, 0.4) is 0 Å². The van der Waals surface area contributed by atoms with Gasteiger partial charge in [0, 0.05) is 25.8 Å². The molecule has 2 rings (SSSR count). The molecule has 2 aromatic rings. The molecule has 0 spiro atoms. The molecule has 1 N–H and O–H groups in total. The number of rotatable bonds is 6. The van der Waals surface area contributed by atoms with Crippen LogP contribution < -0.4 is 15.0 Å². The highest BCUT2D eigenvalue weighted by Crippen LogP contribution is 2.19. The summed E-state index contributed by atoms with van der Waals surface area (Å²) in [5, 5.41) is 3.16. The Labute approximate surface area is 121 Å². The van der Waals surface area contributed by atoms with Gasteiger partial charge in [0.1, 0.15) is 5.75 Å². The van der Waals surface area contributed by atoms with E-state index < -0.39 is 0 Å². The minimum absolute atomic E-state index is 0.864. The Morgan fingerprint density at radius 2 is 1.80 bits per heavy atom. The van der Waals surface area contributed by atoms with Crippen molar-refractivity contribution in [3.63, 3.8) is 0 Å². The molecule has 0 saturated heterocycles. The first-order valence-electron chi connectivity index (χ1n) is 6.80. The number of hydrogen-bond donors (Lipinski definition) is 1. The molecule has 20 heavy (non-hydrogen) atoms. The quantitative estimate of drug-likeness (QED) is 0.873. The van der Waals surface area contributed by atoms with Crippen molar-refractivity contribution in [2.24, 2.45) is 0 Å². The van der Waals surface area contributed by atoms with Gasteiger partial charge in [0.15, 0.2) is 0 Å². The fourth-order valence-electron chi connectivity index (χ4n) is 2.21. The Balaban J connectivity index is 2.05. The smallest absolute Gasteiger partial charge is 0.119 e. The molecule has 0 radical (unpaired) electrons. The molecule has 3 nitrogen and oxygen atoms in total. The van der Waals surface area contributed by atoms with Gasteiger partial charge in [0.25, 0.3) is 0 Å². The summed E-state index contributed by atoms with van der Waals surface area (Å²) in [6, 6.07) is 16.8. The third kappa shape index (κ3) is 3.75. The summed E-state index contributed by atoms with van der Waals surface area (Å²) >= 11 is 0. The predicted molar refractivity (Wildman–Crippen MR) is 84.3 cm³/mol. The maximum atomic E-state index is 5.26. The standard InChI is InChI=1S/C17H22N2O/c1-18-12-14-7-9-16(10-8-14)19(2)13-15-5-4-6-17(11-15)20-3/h4-11,18H,12-13H2,1-3H3. The highest BCUT2D eigenvalue weighted by molar-refractivity contribution is 5.47. The van der Waals surface area contributed by atoms with Gasteiger partial charge in [0.2, 0.25) is 0 Å². The number of benzene rings is 2. The monoisotopic (exact) mass is 270 g/mol. The zero-order valence-corrected chi connectivity index (χ0v) is 12.4. The van der Waals surface area contributed by atoms with Gasteiger partial charge in [-0.2, -0.15) is 0 Å². The van der Waals surface area contributed by atoms with Crippen molar-refractivity contribution in [1.82, 2.24) is 5.32 Å². The van der Waals surface area contributed by atoms with Crippen LogP contribution in [0.25, 0.3) is 0 Å². The second kappa shape index (κ2) is 6.96. The van der Waals surface area contributed by atoms with Crippen LogP contribution in [0.2, 0.25) is 0 Å². The van der Waals surface area contributed by atoms with Crippen molar-refractivity contribution in [1.29, 1.82) is 0 Å². The first-order valence-corrected chi connectivity index (χ1v) is 6.80. The summed E-state index contributed by atoms with van der Waals surface area (Å²) in [7, 11) is 5.76. The van der Waals surface area contributed by atoms with E-state index in [1.165, 1.54) is 16.8 Å². The SMILES string of the molecule is CNCc1ccc(N(C)Cc2cccc(OC)c2)cc1. The van der Waals surface area contributed by atoms with Gasteiger partial charge in [-0.25, -0.2) is 0 Å². The van der Waals surface area contributed by atoms with E-state index in [0.29, 0.717) is 0 Å². The second-order valence-electron chi connectivity index (χ2n) is 4.90. The molecule has 3 heteroatoms. The van der Waals surface area contributed by atoms with Crippen molar-refractivity contribution in [3.05, 3.63) is 59.7 Å². The van der Waals surface area contributed by atoms with Gasteiger partial charge in [-0.15, -0.1) is 0 Å². The number of nitrogens with zero attached hydrogens (tertiary/aromatic N) is 1.